The molecule has 3 unspecified atom stereocenters. The van der Waals surface area contributed by atoms with Gasteiger partial charge in [-0.05, 0) is 52.8 Å². The molecule has 7 rings (SSSR count). The average molecular weight is 605 g/mol. The van der Waals surface area contributed by atoms with Gasteiger partial charge in [0.2, 0.25) is 0 Å². The molecule has 0 spiro atoms. The first kappa shape index (κ1) is 29.6. The van der Waals surface area contributed by atoms with Crippen LogP contribution in [0.15, 0.2) is 102 Å². The van der Waals surface area contributed by atoms with Crippen molar-refractivity contribution in [1.82, 2.24) is 14.5 Å². The summed E-state index contributed by atoms with van der Waals surface area (Å²) in [5.41, 5.74) is 14.1. The van der Waals surface area contributed by atoms with Crippen LogP contribution in [0, 0.1) is 0 Å². The minimum Gasteiger partial charge on any atom is -0.392 e. The molecule has 0 aliphatic carbocycles. The van der Waals surface area contributed by atoms with Crippen LogP contribution in [0.4, 0.5) is 0 Å². The fourth-order valence-electron chi connectivity index (χ4n) is 6.92. The second-order valence-corrected chi connectivity index (χ2v) is 12.2. The van der Waals surface area contributed by atoms with Crippen LogP contribution in [0.2, 0.25) is 0 Å². The highest BCUT2D eigenvalue weighted by Gasteiger charge is 2.34. The number of fused-ring (bicyclic) bond motifs is 1. The molecule has 4 aromatic carbocycles. The summed E-state index contributed by atoms with van der Waals surface area (Å²) in [7, 11) is 0. The van der Waals surface area contributed by atoms with Crippen LogP contribution in [0.5, 0.6) is 0 Å². The van der Waals surface area contributed by atoms with Crippen LogP contribution in [0.3, 0.4) is 0 Å². The van der Waals surface area contributed by atoms with E-state index in [1.807, 2.05) is 65.2 Å². The van der Waals surface area contributed by atoms with Gasteiger partial charge in [-0.25, -0.2) is 4.79 Å². The molecular formula is C37H40N4O4. The molecule has 0 bridgehead atoms. The van der Waals surface area contributed by atoms with E-state index in [0.717, 1.165) is 83.3 Å². The summed E-state index contributed by atoms with van der Waals surface area (Å²) in [4.78, 5) is 18.3. The van der Waals surface area contributed by atoms with Gasteiger partial charge in [-0.1, -0.05) is 84.9 Å². The molecule has 0 radical (unpaired) electrons. The highest BCUT2D eigenvalue weighted by molar-refractivity contribution is 5.75. The van der Waals surface area contributed by atoms with Crippen molar-refractivity contribution in [1.29, 1.82) is 0 Å². The molecule has 4 N–H and O–H groups in total. The minimum absolute atomic E-state index is 0.0143. The van der Waals surface area contributed by atoms with E-state index >= 15 is 0 Å². The van der Waals surface area contributed by atoms with Gasteiger partial charge in [-0.3, -0.25) is 4.57 Å². The van der Waals surface area contributed by atoms with Crippen LogP contribution < -0.4 is 11.4 Å². The van der Waals surface area contributed by atoms with Crippen molar-refractivity contribution >= 4 is 11.0 Å². The van der Waals surface area contributed by atoms with Gasteiger partial charge < -0.3 is 30.2 Å². The van der Waals surface area contributed by atoms with Gasteiger partial charge in [0.15, 0.2) is 6.29 Å². The molecule has 232 valence electrons. The van der Waals surface area contributed by atoms with Crippen LogP contribution in [0.1, 0.15) is 60.0 Å². The molecule has 0 amide bonds. The van der Waals surface area contributed by atoms with E-state index in [1.165, 1.54) is 0 Å². The number of nitrogens with one attached hydrogen (secondary N) is 1. The zero-order chi connectivity index (χ0) is 30.8. The van der Waals surface area contributed by atoms with Gasteiger partial charge in [-0.15, -0.1) is 0 Å². The largest absolute Gasteiger partial charge is 0.392 e. The third-order valence-corrected chi connectivity index (χ3v) is 9.35. The van der Waals surface area contributed by atoms with Gasteiger partial charge in [0, 0.05) is 44.2 Å². The number of aliphatic hydroxyl groups excluding tert-OH is 1. The predicted octanol–water partition coefficient (Wildman–Crippen LogP) is 5.83. The van der Waals surface area contributed by atoms with Crippen molar-refractivity contribution in [3.63, 3.8) is 0 Å². The Bertz CT molecular complexity index is 1790. The van der Waals surface area contributed by atoms with Crippen molar-refractivity contribution in [3.8, 4) is 11.1 Å². The van der Waals surface area contributed by atoms with Gasteiger partial charge in [0.25, 0.3) is 0 Å². The standard InChI is InChI=1S/C37H40N4O4/c38-22-29-5-1-2-6-32(29)26-13-15-28(16-14-26)36-44-31(21-35(45-36)27-11-9-25(24-42)10-12-27)23-40-19-17-30(18-20-40)41-34-8-4-3-7-33(34)39-37(41)43/h1-16,30-31,35-36,42H,17-24,38H2,(H,39,43). The number of rotatable bonds is 8. The van der Waals surface area contributed by atoms with Gasteiger partial charge >= 0.3 is 5.69 Å². The maximum atomic E-state index is 12.8. The molecule has 8 nitrogen and oxygen atoms in total. The van der Waals surface area contributed by atoms with Crippen LogP contribution in [-0.2, 0) is 22.6 Å². The van der Waals surface area contributed by atoms with Crippen molar-refractivity contribution in [2.75, 3.05) is 19.6 Å². The Labute approximate surface area is 263 Å². The second kappa shape index (κ2) is 13.1. The smallest absolute Gasteiger partial charge is 0.326 e. The number of aromatic amines is 1. The van der Waals surface area contributed by atoms with E-state index in [1.54, 1.807) is 0 Å². The molecule has 2 fully saturated rings. The quantitative estimate of drug-likeness (QED) is 0.206. The molecular weight excluding hydrogens is 564 g/mol. The number of aliphatic hydroxyl groups is 1. The lowest BCUT2D eigenvalue weighted by molar-refractivity contribution is -0.253. The number of nitrogens with two attached hydrogens (primary N) is 1. The lowest BCUT2D eigenvalue weighted by Crippen LogP contribution is -2.43. The molecule has 3 atom stereocenters. The zero-order valence-electron chi connectivity index (χ0n) is 25.3. The first-order valence-corrected chi connectivity index (χ1v) is 15.9. The Morgan fingerprint density at radius 2 is 1.56 bits per heavy atom. The maximum absolute atomic E-state index is 12.8. The number of likely N-dealkylation sites (tertiary alicyclic amines) is 1. The summed E-state index contributed by atoms with van der Waals surface area (Å²) >= 11 is 0. The Kier molecular flexibility index (Phi) is 8.65. The molecule has 45 heavy (non-hydrogen) atoms. The summed E-state index contributed by atoms with van der Waals surface area (Å²) in [6.45, 7) is 3.09. The van der Waals surface area contributed by atoms with Crippen molar-refractivity contribution in [3.05, 3.63) is 130 Å². The number of imidazole rings is 1. The zero-order valence-corrected chi connectivity index (χ0v) is 25.3. The summed E-state index contributed by atoms with van der Waals surface area (Å²) in [6.07, 6.45) is 1.88. The fourth-order valence-corrected chi connectivity index (χ4v) is 6.92. The second-order valence-electron chi connectivity index (χ2n) is 12.2. The van der Waals surface area contributed by atoms with Gasteiger partial charge in [0.05, 0.1) is 29.8 Å². The van der Waals surface area contributed by atoms with Crippen molar-refractivity contribution in [2.45, 2.75) is 57.0 Å². The Balaban J connectivity index is 1.08. The summed E-state index contributed by atoms with van der Waals surface area (Å²) < 4.78 is 15.2. The lowest BCUT2D eigenvalue weighted by Gasteiger charge is -2.40. The summed E-state index contributed by atoms with van der Waals surface area (Å²) in [6, 6.07) is 32.7. The first-order chi connectivity index (χ1) is 22.1. The minimum atomic E-state index is -0.507. The fraction of sp³-hybridized carbons (Fsp3) is 0.324. The third kappa shape index (κ3) is 6.25. The first-order valence-electron chi connectivity index (χ1n) is 15.9. The van der Waals surface area contributed by atoms with Gasteiger partial charge in [-0.2, -0.15) is 0 Å². The van der Waals surface area contributed by atoms with Crippen LogP contribution in [0.25, 0.3) is 22.2 Å². The molecule has 2 saturated heterocycles. The number of hydrogen-bond donors (Lipinski definition) is 3. The number of ether oxygens (including phenoxy) is 2. The van der Waals surface area contributed by atoms with Crippen molar-refractivity contribution in [2.24, 2.45) is 5.73 Å². The molecule has 8 heteroatoms. The van der Waals surface area contributed by atoms with E-state index < -0.39 is 6.29 Å². The molecule has 5 aromatic rings. The van der Waals surface area contributed by atoms with E-state index in [4.69, 9.17) is 15.2 Å². The Morgan fingerprint density at radius 3 is 2.31 bits per heavy atom. The summed E-state index contributed by atoms with van der Waals surface area (Å²) in [5, 5.41) is 9.55. The number of para-hydroxylation sites is 2. The lowest BCUT2D eigenvalue weighted by atomic mass is 9.97. The average Bonchev–Trinajstić information content (AvgIpc) is 3.44. The molecule has 0 saturated carbocycles. The highest BCUT2D eigenvalue weighted by Crippen LogP contribution is 2.39. The molecule has 2 aliphatic heterocycles. The van der Waals surface area contributed by atoms with Gasteiger partial charge in [0.1, 0.15) is 0 Å². The number of nitrogens with zero attached hydrogens (tertiary/aromatic N) is 2. The number of hydrogen-bond acceptors (Lipinski definition) is 6. The maximum Gasteiger partial charge on any atom is 0.326 e. The summed E-state index contributed by atoms with van der Waals surface area (Å²) in [5.74, 6) is 0. The monoisotopic (exact) mass is 604 g/mol. The number of H-pyrrole nitrogens is 1. The highest BCUT2D eigenvalue weighted by atomic mass is 16.7. The van der Waals surface area contributed by atoms with E-state index in [-0.39, 0.29) is 30.5 Å². The number of aromatic nitrogens is 2. The molecule has 3 heterocycles. The van der Waals surface area contributed by atoms with Crippen molar-refractivity contribution < 1.29 is 14.6 Å². The van der Waals surface area contributed by atoms with Crippen LogP contribution >= 0.6 is 0 Å². The third-order valence-electron chi connectivity index (χ3n) is 9.35. The SMILES string of the molecule is NCc1ccccc1-c1ccc(C2OC(CN3CCC(n4c(=O)[nH]c5ccccc54)CC3)CC(c3ccc(CO)cc3)O2)cc1. The normalized spacial score (nSPS) is 21.3. The molecule has 1 aromatic heterocycles. The Morgan fingerprint density at radius 1 is 0.844 bits per heavy atom. The van der Waals surface area contributed by atoms with E-state index in [9.17, 15) is 9.90 Å². The number of piperidine rings is 1. The molecule has 2 aliphatic rings. The number of benzene rings is 4. The van der Waals surface area contributed by atoms with E-state index in [2.05, 4.69) is 46.3 Å². The van der Waals surface area contributed by atoms with Crippen LogP contribution in [-0.4, -0.2) is 45.3 Å². The topological polar surface area (TPSA) is 106 Å². The predicted molar refractivity (Wildman–Crippen MR) is 175 cm³/mol. The Hall–Kier alpha value is -4.05. The van der Waals surface area contributed by atoms with E-state index in [0.29, 0.717) is 6.54 Å².